The highest BCUT2D eigenvalue weighted by atomic mass is 16.5. The Kier molecular flexibility index (Phi) is 5.95. The molecule has 3 rings (SSSR count). The molecule has 4 atom stereocenters. The molecule has 2 aliphatic carbocycles. The van der Waals surface area contributed by atoms with Gasteiger partial charge in [0.25, 0.3) is 5.91 Å². The number of nitrogens with one attached hydrogen (secondary N) is 1. The van der Waals surface area contributed by atoms with Gasteiger partial charge in [-0.05, 0) is 56.1 Å². The molecule has 1 aromatic carbocycles. The summed E-state index contributed by atoms with van der Waals surface area (Å²) in [7, 11) is 0. The van der Waals surface area contributed by atoms with Gasteiger partial charge in [-0.1, -0.05) is 24.6 Å². The number of fused-ring (bicyclic) bond motifs is 2. The first-order valence-electron chi connectivity index (χ1n) is 9.24. The van der Waals surface area contributed by atoms with E-state index in [0.717, 1.165) is 11.8 Å². The fourth-order valence-electron chi connectivity index (χ4n) is 4.30. The largest absolute Gasteiger partial charge is 0.493 e. The second kappa shape index (κ2) is 8.37. The molecule has 0 radical (unpaired) electrons. The van der Waals surface area contributed by atoms with Crippen LogP contribution in [0, 0.1) is 17.8 Å². The van der Waals surface area contributed by atoms with Crippen molar-refractivity contribution >= 4 is 11.9 Å². The highest BCUT2D eigenvalue weighted by Gasteiger charge is 2.42. The van der Waals surface area contributed by atoms with Crippen LogP contribution in [0.2, 0.25) is 0 Å². The van der Waals surface area contributed by atoms with E-state index in [-0.39, 0.29) is 31.6 Å². The van der Waals surface area contributed by atoms with Gasteiger partial charge >= 0.3 is 5.97 Å². The van der Waals surface area contributed by atoms with Gasteiger partial charge in [0, 0.05) is 6.04 Å². The zero-order chi connectivity index (χ0) is 17.6. The normalized spacial score (nSPS) is 25.4. The van der Waals surface area contributed by atoms with E-state index in [0.29, 0.717) is 11.7 Å². The Bertz CT molecular complexity index is 589. The van der Waals surface area contributed by atoms with Gasteiger partial charge in [-0.3, -0.25) is 9.59 Å². The van der Waals surface area contributed by atoms with Crippen LogP contribution in [0.3, 0.4) is 0 Å². The average molecular weight is 345 g/mol. The van der Waals surface area contributed by atoms with Crippen molar-refractivity contribution in [3.63, 3.8) is 0 Å². The Morgan fingerprint density at radius 2 is 2.00 bits per heavy atom. The number of ether oxygens (including phenoxy) is 2. The van der Waals surface area contributed by atoms with Crippen molar-refractivity contribution in [2.75, 3.05) is 13.2 Å². The molecule has 0 aromatic heterocycles. The molecule has 1 N–H and O–H groups in total. The molecule has 0 unspecified atom stereocenters. The Labute approximate surface area is 149 Å². The second-order valence-corrected chi connectivity index (χ2v) is 7.27. The number of carbonyl (C=O) groups is 2. The van der Waals surface area contributed by atoms with Crippen molar-refractivity contribution in [3.05, 3.63) is 30.3 Å². The van der Waals surface area contributed by atoms with Gasteiger partial charge in [0.05, 0.1) is 13.0 Å². The molecular formula is C20H27NO4. The number of hydrogen-bond donors (Lipinski definition) is 1. The molecule has 5 nitrogen and oxygen atoms in total. The van der Waals surface area contributed by atoms with Gasteiger partial charge in [0.2, 0.25) is 0 Å². The van der Waals surface area contributed by atoms with Crippen LogP contribution in [-0.2, 0) is 14.3 Å². The minimum atomic E-state index is -0.418. The summed E-state index contributed by atoms with van der Waals surface area (Å²) in [6.45, 7) is 2.10. The topological polar surface area (TPSA) is 64.6 Å². The van der Waals surface area contributed by atoms with Crippen molar-refractivity contribution in [1.29, 1.82) is 0 Å². The van der Waals surface area contributed by atoms with E-state index < -0.39 is 5.97 Å². The van der Waals surface area contributed by atoms with E-state index in [1.807, 2.05) is 30.3 Å². The van der Waals surface area contributed by atoms with E-state index in [2.05, 4.69) is 12.2 Å². The molecule has 1 amide bonds. The lowest BCUT2D eigenvalue weighted by Gasteiger charge is -2.28. The van der Waals surface area contributed by atoms with Crippen LogP contribution in [0.5, 0.6) is 5.75 Å². The Morgan fingerprint density at radius 1 is 1.20 bits per heavy atom. The van der Waals surface area contributed by atoms with Crippen LogP contribution in [-0.4, -0.2) is 31.1 Å². The predicted molar refractivity (Wildman–Crippen MR) is 94.1 cm³/mol. The molecule has 1 aromatic rings. The minimum Gasteiger partial charge on any atom is -0.493 e. The molecule has 136 valence electrons. The fourth-order valence-corrected chi connectivity index (χ4v) is 4.30. The van der Waals surface area contributed by atoms with E-state index >= 15 is 0 Å². The van der Waals surface area contributed by atoms with Gasteiger partial charge < -0.3 is 14.8 Å². The summed E-state index contributed by atoms with van der Waals surface area (Å²) in [4.78, 5) is 23.7. The number of carbonyl (C=O) groups excluding carboxylic acids is 2. The lowest BCUT2D eigenvalue weighted by molar-refractivity contribution is -0.149. The third kappa shape index (κ3) is 4.97. The third-order valence-electron chi connectivity index (χ3n) is 5.51. The summed E-state index contributed by atoms with van der Waals surface area (Å²) in [5.41, 5.74) is 0. The average Bonchev–Trinajstić information content (AvgIpc) is 3.24. The maximum absolute atomic E-state index is 12.0. The lowest BCUT2D eigenvalue weighted by atomic mass is 9.84. The van der Waals surface area contributed by atoms with E-state index in [9.17, 15) is 9.59 Å². The van der Waals surface area contributed by atoms with Crippen LogP contribution >= 0.6 is 0 Å². The van der Waals surface area contributed by atoms with Crippen LogP contribution in [0.1, 0.15) is 39.0 Å². The number of benzene rings is 1. The molecule has 0 aliphatic heterocycles. The summed E-state index contributed by atoms with van der Waals surface area (Å²) in [5, 5.41) is 3.00. The van der Waals surface area contributed by atoms with Crippen molar-refractivity contribution in [2.24, 2.45) is 17.8 Å². The highest BCUT2D eigenvalue weighted by molar-refractivity contribution is 5.80. The molecule has 5 heteroatoms. The molecule has 0 heterocycles. The molecule has 2 fully saturated rings. The van der Waals surface area contributed by atoms with Crippen LogP contribution in [0.25, 0.3) is 0 Å². The quantitative estimate of drug-likeness (QED) is 0.736. The zero-order valence-electron chi connectivity index (χ0n) is 14.8. The number of para-hydroxylation sites is 1. The maximum Gasteiger partial charge on any atom is 0.309 e. The molecule has 25 heavy (non-hydrogen) atoms. The summed E-state index contributed by atoms with van der Waals surface area (Å²) in [5.74, 6) is 2.28. The SMILES string of the molecule is C[C@@H](NC(=O)COC(=O)CCOc1ccccc1)[C@H]1C[C@H]2CC[C@H]1C2. The Morgan fingerprint density at radius 3 is 2.68 bits per heavy atom. The van der Waals surface area contributed by atoms with Gasteiger partial charge in [0.15, 0.2) is 6.61 Å². The molecule has 2 bridgehead atoms. The zero-order valence-corrected chi connectivity index (χ0v) is 14.8. The van der Waals surface area contributed by atoms with Crippen LogP contribution < -0.4 is 10.1 Å². The summed E-state index contributed by atoms with van der Waals surface area (Å²) < 4.78 is 10.5. The summed E-state index contributed by atoms with van der Waals surface area (Å²) in [6, 6.07) is 9.45. The molecule has 2 saturated carbocycles. The number of esters is 1. The molecule has 0 saturated heterocycles. The van der Waals surface area contributed by atoms with Crippen molar-refractivity contribution in [1.82, 2.24) is 5.32 Å². The van der Waals surface area contributed by atoms with Gasteiger partial charge in [-0.2, -0.15) is 0 Å². The number of rotatable bonds is 8. The second-order valence-electron chi connectivity index (χ2n) is 7.27. The van der Waals surface area contributed by atoms with E-state index in [1.165, 1.54) is 25.7 Å². The van der Waals surface area contributed by atoms with Crippen molar-refractivity contribution in [3.8, 4) is 5.75 Å². The van der Waals surface area contributed by atoms with Crippen molar-refractivity contribution < 1.29 is 19.1 Å². The van der Waals surface area contributed by atoms with E-state index in [1.54, 1.807) is 0 Å². The van der Waals surface area contributed by atoms with Gasteiger partial charge in [0.1, 0.15) is 5.75 Å². The van der Waals surface area contributed by atoms with Gasteiger partial charge in [-0.25, -0.2) is 0 Å². The van der Waals surface area contributed by atoms with Crippen LogP contribution in [0.4, 0.5) is 0 Å². The number of amides is 1. The standard InChI is InChI=1S/C20H27NO4/c1-14(18-12-15-7-8-16(18)11-15)21-19(22)13-25-20(23)9-10-24-17-5-3-2-4-6-17/h2-6,14-16,18H,7-13H2,1H3,(H,21,22)/t14-,15+,16+,18-/m1/s1. The first-order valence-corrected chi connectivity index (χ1v) is 9.24. The first-order chi connectivity index (χ1) is 12.1. The lowest BCUT2D eigenvalue weighted by Crippen LogP contribution is -2.42. The van der Waals surface area contributed by atoms with Gasteiger partial charge in [-0.15, -0.1) is 0 Å². The summed E-state index contributed by atoms with van der Waals surface area (Å²) >= 11 is 0. The summed E-state index contributed by atoms with van der Waals surface area (Å²) in [6.07, 6.45) is 5.32. The molecular weight excluding hydrogens is 318 g/mol. The van der Waals surface area contributed by atoms with E-state index in [4.69, 9.17) is 9.47 Å². The predicted octanol–water partition coefficient (Wildman–Crippen LogP) is 2.94. The molecule has 2 aliphatic rings. The highest BCUT2D eigenvalue weighted by Crippen LogP contribution is 2.49. The minimum absolute atomic E-state index is 0.129. The maximum atomic E-state index is 12.0. The van der Waals surface area contributed by atoms with Crippen LogP contribution in [0.15, 0.2) is 30.3 Å². The van der Waals surface area contributed by atoms with Crippen molar-refractivity contribution in [2.45, 2.75) is 45.1 Å². The fraction of sp³-hybridized carbons (Fsp3) is 0.600. The smallest absolute Gasteiger partial charge is 0.309 e. The first kappa shape index (κ1) is 17.8. The Hall–Kier alpha value is -2.04. The Balaban J connectivity index is 1.30. The monoisotopic (exact) mass is 345 g/mol. The third-order valence-corrected chi connectivity index (χ3v) is 5.51. The number of hydrogen-bond acceptors (Lipinski definition) is 4. The molecule has 0 spiro atoms.